The molecule has 0 unspecified atom stereocenters. The molecule has 6 nitrogen and oxygen atoms in total. The third kappa shape index (κ3) is 2.57. The Balaban J connectivity index is 1.63. The molecule has 1 fully saturated rings. The normalized spacial score (nSPS) is 15.4. The summed E-state index contributed by atoms with van der Waals surface area (Å²) in [6.45, 7) is 3.02. The number of amides is 1. The number of carbonyl (C=O) groups is 1. The first-order valence-corrected chi connectivity index (χ1v) is 7.24. The van der Waals surface area contributed by atoms with E-state index in [1.54, 1.807) is 4.90 Å². The fourth-order valence-electron chi connectivity index (χ4n) is 2.26. The number of nitrogens with zero attached hydrogens (tertiary/aromatic N) is 4. The van der Waals surface area contributed by atoms with E-state index in [0.29, 0.717) is 23.2 Å². The molecular weight excluding hydrogens is 274 g/mol. The van der Waals surface area contributed by atoms with Crippen LogP contribution < -0.4 is 10.6 Å². The van der Waals surface area contributed by atoms with Gasteiger partial charge in [-0.3, -0.25) is 4.79 Å². The molecule has 0 bridgehead atoms. The number of para-hydroxylation sites is 1. The molecule has 7 heteroatoms. The molecule has 0 saturated carbocycles. The number of anilines is 2. The topological polar surface area (TPSA) is 75.3 Å². The Labute approximate surface area is 120 Å². The maximum absolute atomic E-state index is 12.2. The van der Waals surface area contributed by atoms with Crippen LogP contribution in [0.5, 0.6) is 0 Å². The Bertz CT molecular complexity index is 592. The molecule has 1 amide bonds. The maximum atomic E-state index is 12.2. The van der Waals surface area contributed by atoms with E-state index < -0.39 is 0 Å². The first-order valence-electron chi connectivity index (χ1n) is 6.42. The van der Waals surface area contributed by atoms with Crippen molar-refractivity contribution in [1.29, 1.82) is 0 Å². The minimum absolute atomic E-state index is 0.0769. The molecule has 104 valence electrons. The predicted octanol–water partition coefficient (Wildman–Crippen LogP) is 1.08. The lowest BCUT2D eigenvalue weighted by Crippen LogP contribution is -2.48. The van der Waals surface area contributed by atoms with Crippen LogP contribution in [-0.2, 0) is 0 Å². The standard InChI is InChI=1S/C13H15N5OS/c14-13-16-15-11(20-13)12(19)18-8-6-17(7-9-18)10-4-2-1-3-5-10/h1-5H,6-9H2,(H2,14,16). The zero-order valence-corrected chi connectivity index (χ0v) is 11.7. The van der Waals surface area contributed by atoms with Gasteiger partial charge in [-0.05, 0) is 12.1 Å². The summed E-state index contributed by atoms with van der Waals surface area (Å²) in [4.78, 5) is 16.3. The van der Waals surface area contributed by atoms with E-state index in [0.717, 1.165) is 24.4 Å². The summed E-state index contributed by atoms with van der Waals surface area (Å²) in [5.41, 5.74) is 6.70. The van der Waals surface area contributed by atoms with Gasteiger partial charge in [0.1, 0.15) is 0 Å². The molecule has 1 aliphatic rings. The summed E-state index contributed by atoms with van der Waals surface area (Å²) in [5.74, 6) is -0.0769. The number of hydrogen-bond acceptors (Lipinski definition) is 6. The van der Waals surface area contributed by atoms with Crippen LogP contribution in [0.25, 0.3) is 0 Å². The first kappa shape index (κ1) is 12.9. The first-order chi connectivity index (χ1) is 9.74. The molecule has 2 heterocycles. The SMILES string of the molecule is Nc1nnc(C(=O)N2CCN(c3ccccc3)CC2)s1. The number of piperazine rings is 1. The lowest BCUT2D eigenvalue weighted by molar-refractivity contribution is 0.0745. The van der Waals surface area contributed by atoms with Gasteiger partial charge in [0, 0.05) is 31.9 Å². The van der Waals surface area contributed by atoms with Gasteiger partial charge in [-0.25, -0.2) is 0 Å². The minimum atomic E-state index is -0.0769. The van der Waals surface area contributed by atoms with E-state index in [2.05, 4.69) is 27.2 Å². The molecule has 0 radical (unpaired) electrons. The third-order valence-electron chi connectivity index (χ3n) is 3.31. The highest BCUT2D eigenvalue weighted by Gasteiger charge is 2.24. The van der Waals surface area contributed by atoms with Gasteiger partial charge < -0.3 is 15.5 Å². The predicted molar refractivity (Wildman–Crippen MR) is 78.9 cm³/mol. The lowest BCUT2D eigenvalue weighted by Gasteiger charge is -2.35. The van der Waals surface area contributed by atoms with Crippen LogP contribution >= 0.6 is 11.3 Å². The van der Waals surface area contributed by atoms with Gasteiger partial charge in [0.15, 0.2) is 0 Å². The fourth-order valence-corrected chi connectivity index (χ4v) is 2.84. The number of hydrogen-bond donors (Lipinski definition) is 1. The van der Waals surface area contributed by atoms with Gasteiger partial charge in [0.25, 0.3) is 5.91 Å². The van der Waals surface area contributed by atoms with Gasteiger partial charge in [-0.1, -0.05) is 29.5 Å². The molecule has 20 heavy (non-hydrogen) atoms. The van der Waals surface area contributed by atoms with Crippen molar-refractivity contribution in [2.24, 2.45) is 0 Å². The molecule has 0 aliphatic carbocycles. The third-order valence-corrected chi connectivity index (χ3v) is 4.05. The molecule has 1 saturated heterocycles. The minimum Gasteiger partial charge on any atom is -0.374 e. The Kier molecular flexibility index (Phi) is 3.51. The van der Waals surface area contributed by atoms with Crippen molar-refractivity contribution >= 4 is 28.1 Å². The van der Waals surface area contributed by atoms with Crippen LogP contribution in [0.3, 0.4) is 0 Å². The highest BCUT2D eigenvalue weighted by atomic mass is 32.1. The van der Waals surface area contributed by atoms with Crippen molar-refractivity contribution in [1.82, 2.24) is 15.1 Å². The van der Waals surface area contributed by atoms with Gasteiger partial charge >= 0.3 is 0 Å². The second-order valence-electron chi connectivity index (χ2n) is 4.56. The summed E-state index contributed by atoms with van der Waals surface area (Å²) in [5, 5.41) is 8.19. The Morgan fingerprint density at radius 3 is 2.40 bits per heavy atom. The lowest BCUT2D eigenvalue weighted by atomic mass is 10.2. The Hall–Kier alpha value is -2.15. The van der Waals surface area contributed by atoms with Crippen molar-refractivity contribution < 1.29 is 4.79 Å². The molecule has 2 N–H and O–H groups in total. The second kappa shape index (κ2) is 5.46. The van der Waals surface area contributed by atoms with E-state index >= 15 is 0 Å². The van der Waals surface area contributed by atoms with Gasteiger partial charge in [0.05, 0.1) is 0 Å². The van der Waals surface area contributed by atoms with Crippen molar-refractivity contribution in [2.45, 2.75) is 0 Å². The van der Waals surface area contributed by atoms with Crippen LogP contribution in [-0.4, -0.2) is 47.2 Å². The van der Waals surface area contributed by atoms with Crippen molar-refractivity contribution in [3.63, 3.8) is 0 Å². The van der Waals surface area contributed by atoms with E-state index in [9.17, 15) is 4.79 Å². The van der Waals surface area contributed by atoms with Crippen LogP contribution in [0.4, 0.5) is 10.8 Å². The number of nitrogen functional groups attached to an aromatic ring is 1. The average Bonchev–Trinajstić information content (AvgIpc) is 2.94. The van der Waals surface area contributed by atoms with Crippen LogP contribution in [0.2, 0.25) is 0 Å². The van der Waals surface area contributed by atoms with Crippen molar-refractivity contribution in [3.05, 3.63) is 35.3 Å². The number of nitrogens with two attached hydrogens (primary N) is 1. The number of aromatic nitrogens is 2. The van der Waals surface area contributed by atoms with E-state index in [4.69, 9.17) is 5.73 Å². The summed E-state index contributed by atoms with van der Waals surface area (Å²) >= 11 is 1.14. The number of benzene rings is 1. The van der Waals surface area contributed by atoms with Gasteiger partial charge in [0.2, 0.25) is 10.1 Å². The Morgan fingerprint density at radius 2 is 1.80 bits per heavy atom. The number of carbonyl (C=O) groups excluding carboxylic acids is 1. The van der Waals surface area contributed by atoms with Crippen molar-refractivity contribution in [3.8, 4) is 0 Å². The van der Waals surface area contributed by atoms with Gasteiger partial charge in [-0.2, -0.15) is 0 Å². The molecule has 3 rings (SSSR count). The molecule has 1 aromatic carbocycles. The van der Waals surface area contributed by atoms with Crippen LogP contribution in [0.15, 0.2) is 30.3 Å². The monoisotopic (exact) mass is 289 g/mol. The van der Waals surface area contributed by atoms with Crippen LogP contribution in [0.1, 0.15) is 9.80 Å². The summed E-state index contributed by atoms with van der Waals surface area (Å²) in [6.07, 6.45) is 0. The molecule has 0 spiro atoms. The zero-order chi connectivity index (χ0) is 13.9. The number of rotatable bonds is 2. The van der Waals surface area contributed by atoms with E-state index in [1.165, 1.54) is 5.69 Å². The summed E-state index contributed by atoms with van der Waals surface area (Å²) < 4.78 is 0. The second-order valence-corrected chi connectivity index (χ2v) is 5.57. The molecule has 0 atom stereocenters. The average molecular weight is 289 g/mol. The summed E-state index contributed by atoms with van der Waals surface area (Å²) in [7, 11) is 0. The highest BCUT2D eigenvalue weighted by molar-refractivity contribution is 7.16. The van der Waals surface area contributed by atoms with E-state index in [1.807, 2.05) is 18.2 Å². The maximum Gasteiger partial charge on any atom is 0.285 e. The fraction of sp³-hybridized carbons (Fsp3) is 0.308. The molecule has 2 aromatic rings. The molecule has 1 aliphatic heterocycles. The summed E-state index contributed by atoms with van der Waals surface area (Å²) in [6, 6.07) is 10.2. The quantitative estimate of drug-likeness (QED) is 0.895. The van der Waals surface area contributed by atoms with Crippen LogP contribution in [0, 0.1) is 0 Å². The Morgan fingerprint density at radius 1 is 1.10 bits per heavy atom. The van der Waals surface area contributed by atoms with Crippen molar-refractivity contribution in [2.75, 3.05) is 36.8 Å². The van der Waals surface area contributed by atoms with E-state index in [-0.39, 0.29) is 5.91 Å². The smallest absolute Gasteiger partial charge is 0.285 e. The molecular formula is C13H15N5OS. The largest absolute Gasteiger partial charge is 0.374 e. The molecule has 1 aromatic heterocycles. The highest BCUT2D eigenvalue weighted by Crippen LogP contribution is 2.18. The van der Waals surface area contributed by atoms with Gasteiger partial charge in [-0.15, -0.1) is 10.2 Å². The zero-order valence-electron chi connectivity index (χ0n) is 10.9.